The molecule has 184 valence electrons. The molecule has 0 nitrogen and oxygen atoms in total. The first-order chi connectivity index (χ1) is 17.3. The van der Waals surface area contributed by atoms with Gasteiger partial charge in [0.2, 0.25) is 0 Å². The van der Waals surface area contributed by atoms with Gasteiger partial charge in [0.15, 0.2) is 0 Å². The van der Waals surface area contributed by atoms with Crippen LogP contribution in [-0.2, 0) is 0 Å². The highest BCUT2D eigenvalue weighted by molar-refractivity contribution is 5.60. The molecule has 0 fully saturated rings. The van der Waals surface area contributed by atoms with Crippen LogP contribution < -0.4 is 0 Å². The van der Waals surface area contributed by atoms with Crippen LogP contribution in [0.15, 0.2) is 129 Å². The number of hydrogen-bond acceptors (Lipinski definition) is 0. The fourth-order valence-corrected chi connectivity index (χ4v) is 3.04. The van der Waals surface area contributed by atoms with E-state index in [1.54, 1.807) is 0 Å². The molecule has 4 aromatic rings. The molecule has 4 aromatic carbocycles. The molecule has 0 aliphatic heterocycles. The minimum atomic E-state index is 1.12. The van der Waals surface area contributed by atoms with Crippen LogP contribution in [0.5, 0.6) is 0 Å². The normalized spacial score (nSPS) is 9.00. The molecule has 0 aliphatic carbocycles. The van der Waals surface area contributed by atoms with E-state index in [-0.39, 0.29) is 0 Å². The molecule has 0 unspecified atom stereocenters. The summed E-state index contributed by atoms with van der Waals surface area (Å²) in [6.07, 6.45) is 5.57. The zero-order chi connectivity index (χ0) is 26.8. The van der Waals surface area contributed by atoms with Crippen LogP contribution in [0.4, 0.5) is 0 Å². The van der Waals surface area contributed by atoms with E-state index in [0.29, 0.717) is 0 Å². The highest BCUT2D eigenvalue weighted by Crippen LogP contribution is 2.09. The summed E-state index contributed by atoms with van der Waals surface area (Å²) < 4.78 is 0. The zero-order valence-electron chi connectivity index (χ0n) is 22.4. The second-order valence-electron chi connectivity index (χ2n) is 8.44. The average Bonchev–Trinajstić information content (AvgIpc) is 2.91. The van der Waals surface area contributed by atoms with Crippen molar-refractivity contribution in [2.24, 2.45) is 0 Å². The lowest BCUT2D eigenvalue weighted by molar-refractivity contribution is 1.45. The van der Waals surface area contributed by atoms with Gasteiger partial charge in [0.1, 0.15) is 0 Å². The van der Waals surface area contributed by atoms with Gasteiger partial charge in [0.25, 0.3) is 0 Å². The third-order valence-corrected chi connectivity index (χ3v) is 5.27. The molecule has 4 rings (SSSR count). The molecule has 0 radical (unpaired) electrons. The predicted octanol–water partition coefficient (Wildman–Crippen LogP) is 10.6. The highest BCUT2D eigenvalue weighted by atomic mass is 13.9. The molecule has 0 spiro atoms. The molecule has 0 heterocycles. The molecule has 0 heteroatoms. The number of benzene rings is 4. The third-order valence-electron chi connectivity index (χ3n) is 5.27. The summed E-state index contributed by atoms with van der Waals surface area (Å²) in [4.78, 5) is 0. The third kappa shape index (κ3) is 12.3. The SMILES string of the molecule is C=C(C)c1ccccc1.C=Cc1ccc(C)cc1.C=Cc1cccc(C)c1.C=Cc1ccccc1C. The van der Waals surface area contributed by atoms with Crippen LogP contribution in [0.1, 0.15) is 45.9 Å². The lowest BCUT2D eigenvalue weighted by Gasteiger charge is -1.95. The Kier molecular flexibility index (Phi) is 14.4. The Morgan fingerprint density at radius 3 is 1.56 bits per heavy atom. The van der Waals surface area contributed by atoms with Gasteiger partial charge in [-0.3, -0.25) is 0 Å². The lowest BCUT2D eigenvalue weighted by Crippen LogP contribution is -1.75. The van der Waals surface area contributed by atoms with Gasteiger partial charge in [0, 0.05) is 0 Å². The monoisotopic (exact) mass is 472 g/mol. The Morgan fingerprint density at radius 1 is 0.556 bits per heavy atom. The van der Waals surface area contributed by atoms with Crippen LogP contribution in [0.25, 0.3) is 23.8 Å². The summed E-state index contributed by atoms with van der Waals surface area (Å²) in [7, 11) is 0. The van der Waals surface area contributed by atoms with Gasteiger partial charge in [-0.25, -0.2) is 0 Å². The molecular formula is C36H40. The molecule has 0 saturated heterocycles. The zero-order valence-corrected chi connectivity index (χ0v) is 22.4. The van der Waals surface area contributed by atoms with Crippen molar-refractivity contribution < 1.29 is 0 Å². The van der Waals surface area contributed by atoms with E-state index in [2.05, 4.69) is 108 Å². The molecule has 0 aromatic heterocycles. The Hall–Kier alpha value is -4.16. The summed E-state index contributed by atoms with van der Waals surface area (Å²) >= 11 is 0. The quantitative estimate of drug-likeness (QED) is 0.277. The van der Waals surface area contributed by atoms with Gasteiger partial charge in [-0.15, -0.1) is 0 Å². The van der Waals surface area contributed by atoms with Gasteiger partial charge in [-0.05, 0) is 55.5 Å². The van der Waals surface area contributed by atoms with Crippen molar-refractivity contribution in [1.82, 2.24) is 0 Å². The number of rotatable bonds is 4. The summed E-state index contributed by atoms with van der Waals surface area (Å²) in [6, 6.07) is 34.9. The van der Waals surface area contributed by atoms with Crippen molar-refractivity contribution in [3.63, 3.8) is 0 Å². The molecule has 36 heavy (non-hydrogen) atoms. The van der Waals surface area contributed by atoms with Crippen molar-refractivity contribution in [3.05, 3.63) is 168 Å². The van der Waals surface area contributed by atoms with E-state index in [9.17, 15) is 0 Å². The Balaban J connectivity index is 0.000000240. The molecular weight excluding hydrogens is 432 g/mol. The fourth-order valence-electron chi connectivity index (χ4n) is 3.04. The average molecular weight is 473 g/mol. The second kappa shape index (κ2) is 17.3. The molecule has 0 saturated carbocycles. The Bertz CT molecular complexity index is 1210. The largest absolute Gasteiger partial charge is 0.0985 e. The van der Waals surface area contributed by atoms with Gasteiger partial charge < -0.3 is 0 Å². The van der Waals surface area contributed by atoms with E-state index < -0.39 is 0 Å². The second-order valence-corrected chi connectivity index (χ2v) is 8.44. The first-order valence-corrected chi connectivity index (χ1v) is 12.1. The molecule has 0 N–H and O–H groups in total. The highest BCUT2D eigenvalue weighted by Gasteiger charge is 1.87. The van der Waals surface area contributed by atoms with E-state index in [1.807, 2.05) is 67.6 Å². The van der Waals surface area contributed by atoms with Crippen molar-refractivity contribution in [2.75, 3.05) is 0 Å². The van der Waals surface area contributed by atoms with E-state index in [1.165, 1.54) is 38.9 Å². The summed E-state index contributed by atoms with van der Waals surface area (Å²) in [5.74, 6) is 0. The van der Waals surface area contributed by atoms with Crippen LogP contribution in [0.2, 0.25) is 0 Å². The van der Waals surface area contributed by atoms with Crippen molar-refractivity contribution in [3.8, 4) is 0 Å². The summed E-state index contributed by atoms with van der Waals surface area (Å²) in [6.45, 7) is 23.1. The van der Waals surface area contributed by atoms with E-state index in [4.69, 9.17) is 0 Å². The molecule has 0 bridgehead atoms. The van der Waals surface area contributed by atoms with Gasteiger partial charge in [-0.1, -0.05) is 164 Å². The van der Waals surface area contributed by atoms with Gasteiger partial charge in [-0.2, -0.15) is 0 Å². The van der Waals surface area contributed by atoms with E-state index in [0.717, 1.165) is 5.57 Å². The minimum Gasteiger partial charge on any atom is -0.0985 e. The number of hydrogen-bond donors (Lipinski definition) is 0. The standard InChI is InChI=1S/4C9H10/c1-8(2)9-6-4-3-5-7-9;1-3-9-6-4-8(2)5-7-9;1-3-9-6-4-5-8(2)7-9;1-3-9-7-5-4-6-8(9)2/h4*3-7H,1H2,2H3. The molecule has 0 atom stereocenters. The van der Waals surface area contributed by atoms with Crippen LogP contribution >= 0.6 is 0 Å². The van der Waals surface area contributed by atoms with Crippen molar-refractivity contribution in [1.29, 1.82) is 0 Å². The van der Waals surface area contributed by atoms with Crippen molar-refractivity contribution in [2.45, 2.75) is 27.7 Å². The minimum absolute atomic E-state index is 1.12. The summed E-state index contributed by atoms with van der Waals surface area (Å²) in [5.41, 5.74) is 9.79. The topological polar surface area (TPSA) is 0 Å². The van der Waals surface area contributed by atoms with E-state index >= 15 is 0 Å². The molecule has 0 amide bonds. The first-order valence-electron chi connectivity index (χ1n) is 12.1. The maximum Gasteiger partial charge on any atom is -0.0233 e. The Morgan fingerprint density at radius 2 is 1.14 bits per heavy atom. The van der Waals surface area contributed by atoms with Crippen molar-refractivity contribution >= 4 is 23.8 Å². The number of allylic oxidation sites excluding steroid dienone is 1. The maximum absolute atomic E-state index is 3.83. The molecule has 0 aliphatic rings. The fraction of sp³-hybridized carbons (Fsp3) is 0.111. The number of aryl methyl sites for hydroxylation is 3. The van der Waals surface area contributed by atoms with Crippen LogP contribution in [-0.4, -0.2) is 0 Å². The van der Waals surface area contributed by atoms with Crippen LogP contribution in [0, 0.1) is 20.8 Å². The van der Waals surface area contributed by atoms with Crippen LogP contribution in [0.3, 0.4) is 0 Å². The maximum atomic E-state index is 3.83. The van der Waals surface area contributed by atoms with Gasteiger partial charge >= 0.3 is 0 Å². The smallest absolute Gasteiger partial charge is 0.0233 e. The van der Waals surface area contributed by atoms with Gasteiger partial charge in [0.05, 0.1) is 0 Å². The lowest BCUT2D eigenvalue weighted by atomic mass is 10.1. The summed E-state index contributed by atoms with van der Waals surface area (Å²) in [5, 5.41) is 0. The predicted molar refractivity (Wildman–Crippen MR) is 165 cm³/mol. The first kappa shape index (κ1) is 29.9. The Labute approximate surface area is 219 Å².